The second-order valence-electron chi connectivity index (χ2n) is 6.61. The normalized spacial score (nSPS) is 13.0. The molecule has 0 aliphatic heterocycles. The molecule has 0 radical (unpaired) electrons. The second kappa shape index (κ2) is 7.40. The number of nitrogens with zero attached hydrogens (tertiary/aromatic N) is 3. The van der Waals surface area contributed by atoms with Gasteiger partial charge >= 0.3 is 0 Å². The molecule has 0 bridgehead atoms. The zero-order chi connectivity index (χ0) is 16.9. The van der Waals surface area contributed by atoms with Crippen LogP contribution in [0.15, 0.2) is 6.20 Å². The summed E-state index contributed by atoms with van der Waals surface area (Å²) < 4.78 is 2.28. The third-order valence-corrected chi connectivity index (χ3v) is 3.16. The van der Waals surface area contributed by atoms with Gasteiger partial charge in [0.2, 0.25) is 0 Å². The van der Waals surface area contributed by atoms with Gasteiger partial charge in [-0.15, -0.1) is 0 Å². The SMILES string of the molecule is CCCn1cc(C(=O)NC(CC(=O)[O-])C[N+](C)(C)C)c(C)n1. The quantitative estimate of drug-likeness (QED) is 0.659. The summed E-state index contributed by atoms with van der Waals surface area (Å²) in [4.78, 5) is 23.3. The molecule has 7 heteroatoms. The molecule has 0 aromatic carbocycles. The van der Waals surface area contributed by atoms with Crippen LogP contribution in [0.5, 0.6) is 0 Å². The Labute approximate surface area is 131 Å². The van der Waals surface area contributed by atoms with Gasteiger partial charge in [-0.05, 0) is 13.3 Å². The Morgan fingerprint density at radius 1 is 1.41 bits per heavy atom. The number of aryl methyl sites for hydroxylation is 2. The summed E-state index contributed by atoms with van der Waals surface area (Å²) in [5.41, 5.74) is 1.13. The molecule has 0 saturated carbocycles. The number of hydrogen-bond acceptors (Lipinski definition) is 4. The van der Waals surface area contributed by atoms with Crippen LogP contribution in [0.25, 0.3) is 0 Å². The van der Waals surface area contributed by atoms with E-state index < -0.39 is 12.0 Å². The van der Waals surface area contributed by atoms with Gasteiger partial charge in [-0.1, -0.05) is 6.92 Å². The molecule has 124 valence electrons. The molecule has 1 aromatic rings. The summed E-state index contributed by atoms with van der Waals surface area (Å²) in [7, 11) is 5.83. The minimum Gasteiger partial charge on any atom is -0.550 e. The van der Waals surface area contributed by atoms with Gasteiger partial charge < -0.3 is 19.7 Å². The van der Waals surface area contributed by atoms with Crippen LogP contribution in [-0.4, -0.2) is 59.9 Å². The largest absolute Gasteiger partial charge is 0.550 e. The van der Waals surface area contributed by atoms with Crippen molar-refractivity contribution in [2.75, 3.05) is 27.7 Å². The number of carboxylic acid groups (broad SMARTS) is 1. The first-order valence-corrected chi connectivity index (χ1v) is 7.47. The fourth-order valence-electron chi connectivity index (χ4n) is 2.37. The Morgan fingerprint density at radius 2 is 2.05 bits per heavy atom. The highest BCUT2D eigenvalue weighted by molar-refractivity contribution is 5.95. The average Bonchev–Trinajstić information content (AvgIpc) is 2.67. The molecule has 7 nitrogen and oxygen atoms in total. The van der Waals surface area contributed by atoms with Crippen LogP contribution >= 0.6 is 0 Å². The number of amides is 1. The van der Waals surface area contributed by atoms with Crippen LogP contribution in [0.3, 0.4) is 0 Å². The van der Waals surface area contributed by atoms with E-state index in [1.807, 2.05) is 28.1 Å². The second-order valence-corrected chi connectivity index (χ2v) is 6.61. The lowest BCUT2D eigenvalue weighted by atomic mass is 10.1. The maximum Gasteiger partial charge on any atom is 0.255 e. The van der Waals surface area contributed by atoms with Crippen LogP contribution in [0.4, 0.5) is 0 Å². The third kappa shape index (κ3) is 5.85. The topological polar surface area (TPSA) is 87.0 Å². The van der Waals surface area contributed by atoms with Crippen molar-refractivity contribution >= 4 is 11.9 Å². The van der Waals surface area contributed by atoms with Crippen molar-refractivity contribution in [3.8, 4) is 0 Å². The maximum atomic E-state index is 12.4. The third-order valence-electron chi connectivity index (χ3n) is 3.16. The molecule has 0 aliphatic rings. The molecule has 1 atom stereocenters. The predicted octanol–water partition coefficient (Wildman–Crippen LogP) is -0.454. The number of hydrogen-bond donors (Lipinski definition) is 1. The molecule has 1 rings (SSSR count). The lowest BCUT2D eigenvalue weighted by Crippen LogP contribution is -2.50. The van der Waals surface area contributed by atoms with Crippen molar-refractivity contribution in [2.45, 2.75) is 39.3 Å². The smallest absolute Gasteiger partial charge is 0.255 e. The summed E-state index contributed by atoms with van der Waals surface area (Å²) in [6, 6.07) is -0.480. The van der Waals surface area contributed by atoms with Crippen molar-refractivity contribution < 1.29 is 19.2 Å². The molecule has 1 heterocycles. The predicted molar refractivity (Wildman–Crippen MR) is 81.0 cm³/mol. The average molecular weight is 310 g/mol. The molecule has 1 unspecified atom stereocenters. The summed E-state index contributed by atoms with van der Waals surface area (Å²) in [6.45, 7) is 5.06. The van der Waals surface area contributed by atoms with Crippen molar-refractivity contribution in [1.29, 1.82) is 0 Å². The highest BCUT2D eigenvalue weighted by Gasteiger charge is 2.22. The lowest BCUT2D eigenvalue weighted by Gasteiger charge is -2.30. The lowest BCUT2D eigenvalue weighted by molar-refractivity contribution is -0.871. The van der Waals surface area contributed by atoms with Crippen LogP contribution in [0.2, 0.25) is 0 Å². The summed E-state index contributed by atoms with van der Waals surface area (Å²) in [5, 5.41) is 18.0. The van der Waals surface area contributed by atoms with Crippen molar-refractivity contribution in [2.24, 2.45) is 0 Å². The Hall–Kier alpha value is -1.89. The van der Waals surface area contributed by atoms with Gasteiger partial charge in [0.15, 0.2) is 0 Å². The molecule has 0 aliphatic carbocycles. The van der Waals surface area contributed by atoms with Crippen molar-refractivity contribution in [3.63, 3.8) is 0 Å². The minimum atomic E-state index is -1.17. The van der Waals surface area contributed by atoms with Gasteiger partial charge in [-0.25, -0.2) is 0 Å². The number of likely N-dealkylation sites (N-methyl/N-ethyl adjacent to an activating group) is 1. The number of carboxylic acids is 1. The van der Waals surface area contributed by atoms with E-state index in [1.54, 1.807) is 17.8 Å². The molecule has 0 saturated heterocycles. The fourth-order valence-corrected chi connectivity index (χ4v) is 2.37. The number of aliphatic carboxylic acids is 1. The first-order chi connectivity index (χ1) is 10.1. The number of aromatic nitrogens is 2. The van der Waals surface area contributed by atoms with E-state index in [1.165, 1.54) is 0 Å². The summed E-state index contributed by atoms with van der Waals surface area (Å²) in [5.74, 6) is -1.46. The zero-order valence-electron chi connectivity index (χ0n) is 14.0. The van der Waals surface area contributed by atoms with E-state index in [0.29, 0.717) is 22.3 Å². The van der Waals surface area contributed by atoms with Crippen molar-refractivity contribution in [3.05, 3.63) is 17.5 Å². The van der Waals surface area contributed by atoms with E-state index in [0.717, 1.165) is 13.0 Å². The zero-order valence-corrected chi connectivity index (χ0v) is 14.0. The van der Waals surface area contributed by atoms with Crippen molar-refractivity contribution in [1.82, 2.24) is 15.1 Å². The molecule has 1 amide bonds. The highest BCUT2D eigenvalue weighted by Crippen LogP contribution is 2.08. The van der Waals surface area contributed by atoms with Gasteiger partial charge in [-0.3, -0.25) is 9.48 Å². The fraction of sp³-hybridized carbons (Fsp3) is 0.667. The molecule has 22 heavy (non-hydrogen) atoms. The van der Waals surface area contributed by atoms with Gasteiger partial charge in [0.25, 0.3) is 5.91 Å². The Balaban J connectivity index is 2.83. The Kier molecular flexibility index (Phi) is 6.11. The van der Waals surface area contributed by atoms with Gasteiger partial charge in [0.1, 0.15) is 0 Å². The number of nitrogens with one attached hydrogen (secondary N) is 1. The van der Waals surface area contributed by atoms with Crippen LogP contribution in [0, 0.1) is 6.92 Å². The van der Waals surface area contributed by atoms with Gasteiger partial charge in [0, 0.05) is 25.1 Å². The van der Waals surface area contributed by atoms with E-state index in [4.69, 9.17) is 0 Å². The first-order valence-electron chi connectivity index (χ1n) is 7.47. The molecule has 0 fully saturated rings. The monoisotopic (exact) mass is 310 g/mol. The molecular weight excluding hydrogens is 284 g/mol. The summed E-state index contributed by atoms with van der Waals surface area (Å²) >= 11 is 0. The molecule has 0 spiro atoms. The first kappa shape index (κ1) is 18.2. The minimum absolute atomic E-state index is 0.205. The molecule has 1 aromatic heterocycles. The van der Waals surface area contributed by atoms with E-state index in [2.05, 4.69) is 10.4 Å². The van der Waals surface area contributed by atoms with E-state index in [-0.39, 0.29) is 12.3 Å². The maximum absolute atomic E-state index is 12.4. The van der Waals surface area contributed by atoms with Crippen LogP contribution in [0.1, 0.15) is 35.8 Å². The van der Waals surface area contributed by atoms with E-state index in [9.17, 15) is 14.7 Å². The number of rotatable bonds is 8. The summed E-state index contributed by atoms with van der Waals surface area (Å²) in [6.07, 6.45) is 2.43. The number of carbonyl (C=O) groups is 2. The van der Waals surface area contributed by atoms with Gasteiger partial charge in [-0.2, -0.15) is 5.10 Å². The molecular formula is C15H26N4O3. The number of carbonyl (C=O) groups excluding carboxylic acids is 2. The Morgan fingerprint density at radius 3 is 2.55 bits per heavy atom. The molecule has 1 N–H and O–H groups in total. The Bertz CT molecular complexity index is 531. The standard InChI is InChI=1S/C15H26N4O3/c1-6-7-18-9-13(11(2)17-18)15(22)16-12(8-14(20)21)10-19(3,4)5/h9,12H,6-8,10H2,1-5H3,(H-,16,20,21,22). The van der Waals surface area contributed by atoms with Gasteiger partial charge in [0.05, 0.1) is 45.0 Å². The van der Waals surface area contributed by atoms with E-state index >= 15 is 0 Å². The van der Waals surface area contributed by atoms with Crippen LogP contribution in [-0.2, 0) is 11.3 Å². The van der Waals surface area contributed by atoms with Crippen LogP contribution < -0.4 is 10.4 Å². The highest BCUT2D eigenvalue weighted by atomic mass is 16.4. The number of quaternary nitrogens is 1.